The Bertz CT molecular complexity index is 796. The van der Waals surface area contributed by atoms with Crippen molar-refractivity contribution >= 4 is 11.8 Å². The van der Waals surface area contributed by atoms with Crippen molar-refractivity contribution in [2.45, 2.75) is 26.8 Å². The van der Waals surface area contributed by atoms with Crippen LogP contribution in [0.2, 0.25) is 0 Å². The predicted octanol–water partition coefficient (Wildman–Crippen LogP) is 1.83. The van der Waals surface area contributed by atoms with Crippen LogP contribution in [-0.2, 0) is 20.9 Å². The van der Waals surface area contributed by atoms with E-state index in [-0.39, 0.29) is 19.6 Å². The third-order valence-corrected chi connectivity index (χ3v) is 3.30. The van der Waals surface area contributed by atoms with Gasteiger partial charge in [-0.1, -0.05) is 0 Å². The quantitative estimate of drug-likeness (QED) is 0.536. The van der Waals surface area contributed by atoms with E-state index in [0.29, 0.717) is 12.3 Å². The first-order valence-corrected chi connectivity index (χ1v) is 8.02. The van der Waals surface area contributed by atoms with Crippen LogP contribution in [0.1, 0.15) is 20.3 Å². The van der Waals surface area contributed by atoms with Gasteiger partial charge >= 0.3 is 5.97 Å². The summed E-state index contributed by atoms with van der Waals surface area (Å²) in [6.07, 6.45) is -0.380. The Hall–Kier alpha value is -2.96. The average molecular weight is 344 g/mol. The summed E-state index contributed by atoms with van der Waals surface area (Å²) < 4.78 is 11.2. The topological polar surface area (TPSA) is 87.5 Å². The first-order chi connectivity index (χ1) is 12.0. The normalized spacial score (nSPS) is 10.3. The van der Waals surface area contributed by atoms with E-state index in [1.54, 1.807) is 13.0 Å². The Kier molecular flexibility index (Phi) is 6.45. The van der Waals surface area contributed by atoms with E-state index >= 15 is 0 Å². The van der Waals surface area contributed by atoms with Crippen molar-refractivity contribution in [3.8, 4) is 17.0 Å². The summed E-state index contributed by atoms with van der Waals surface area (Å²) in [5.41, 5.74) is 0.925. The van der Waals surface area contributed by atoms with Gasteiger partial charge in [0.1, 0.15) is 18.7 Å². The smallest absolute Gasteiger partial charge is 0.313 e. The minimum absolute atomic E-state index is 0.206. The molecule has 0 bridgehead atoms. The number of nitrogens with zero attached hydrogens (tertiary/aromatic N) is 2. The first-order valence-electron chi connectivity index (χ1n) is 8.02. The van der Waals surface area contributed by atoms with Crippen LogP contribution < -0.4 is 10.3 Å². The van der Waals surface area contributed by atoms with Crippen LogP contribution in [0.25, 0.3) is 11.3 Å². The number of hydrogen-bond donors (Lipinski definition) is 0. The number of esters is 1. The number of Topliss-reactive ketones (excluding diaryl/α,β-unsaturated/α-hetero) is 1. The molecule has 0 aliphatic rings. The molecule has 7 heteroatoms. The van der Waals surface area contributed by atoms with E-state index in [4.69, 9.17) is 9.47 Å². The molecule has 132 valence electrons. The minimum Gasteiger partial charge on any atom is -0.494 e. The number of ketones is 1. The third kappa shape index (κ3) is 5.27. The number of carbonyl (C=O) groups excluding carboxylic acids is 2. The molecule has 0 spiro atoms. The van der Waals surface area contributed by atoms with Crippen molar-refractivity contribution < 1.29 is 19.1 Å². The molecule has 1 aromatic heterocycles. The highest BCUT2D eigenvalue weighted by atomic mass is 16.5. The van der Waals surface area contributed by atoms with Gasteiger partial charge < -0.3 is 9.47 Å². The van der Waals surface area contributed by atoms with Crippen molar-refractivity contribution in [3.63, 3.8) is 0 Å². The Morgan fingerprint density at radius 3 is 2.40 bits per heavy atom. The largest absolute Gasteiger partial charge is 0.494 e. The maximum absolute atomic E-state index is 11.9. The molecule has 0 amide bonds. The predicted molar refractivity (Wildman–Crippen MR) is 91.4 cm³/mol. The molecule has 2 rings (SSSR count). The first kappa shape index (κ1) is 18.4. The third-order valence-electron chi connectivity index (χ3n) is 3.30. The van der Waals surface area contributed by atoms with Gasteiger partial charge in [0, 0.05) is 11.6 Å². The maximum Gasteiger partial charge on any atom is 0.313 e. The van der Waals surface area contributed by atoms with Gasteiger partial charge in [-0.2, -0.15) is 5.10 Å². The van der Waals surface area contributed by atoms with Crippen molar-refractivity contribution in [1.29, 1.82) is 0 Å². The number of hydrogen-bond acceptors (Lipinski definition) is 6. The summed E-state index contributed by atoms with van der Waals surface area (Å²) in [7, 11) is 0. The number of aromatic nitrogens is 2. The second-order valence-electron chi connectivity index (χ2n) is 5.19. The second-order valence-corrected chi connectivity index (χ2v) is 5.19. The standard InChI is InChI=1S/C18H20N2O5/c1-3-24-15-7-5-13(6-8-15)16-9-10-17(22)20(19-16)12-14(21)11-18(23)25-4-2/h5-10H,3-4,11-12H2,1-2H3. The lowest BCUT2D eigenvalue weighted by Crippen LogP contribution is -2.27. The van der Waals surface area contributed by atoms with Crippen molar-refractivity contribution in [2.75, 3.05) is 13.2 Å². The zero-order chi connectivity index (χ0) is 18.2. The van der Waals surface area contributed by atoms with E-state index in [9.17, 15) is 14.4 Å². The minimum atomic E-state index is -0.608. The summed E-state index contributed by atoms with van der Waals surface area (Å²) in [4.78, 5) is 35.1. The van der Waals surface area contributed by atoms with Gasteiger partial charge in [-0.05, 0) is 44.2 Å². The molecule has 0 saturated heterocycles. The van der Waals surface area contributed by atoms with Crippen LogP contribution in [0.3, 0.4) is 0 Å². The highest BCUT2D eigenvalue weighted by Crippen LogP contribution is 2.19. The lowest BCUT2D eigenvalue weighted by Gasteiger charge is -2.08. The summed E-state index contributed by atoms with van der Waals surface area (Å²) in [5, 5.41) is 4.20. The van der Waals surface area contributed by atoms with Gasteiger partial charge in [-0.15, -0.1) is 0 Å². The highest BCUT2D eigenvalue weighted by molar-refractivity contribution is 5.95. The Morgan fingerprint density at radius 1 is 1.04 bits per heavy atom. The molecule has 0 fully saturated rings. The monoisotopic (exact) mass is 344 g/mol. The van der Waals surface area contributed by atoms with Gasteiger partial charge in [0.25, 0.3) is 5.56 Å². The molecule has 1 heterocycles. The summed E-state index contributed by atoms with van der Waals surface area (Å²) >= 11 is 0. The molecule has 0 aliphatic carbocycles. The fourth-order valence-corrected chi connectivity index (χ4v) is 2.20. The summed E-state index contributed by atoms with van der Waals surface area (Å²) in [5.74, 6) is -0.302. The van der Waals surface area contributed by atoms with E-state index in [1.807, 2.05) is 31.2 Å². The van der Waals surface area contributed by atoms with Crippen molar-refractivity contribution in [2.24, 2.45) is 0 Å². The Morgan fingerprint density at radius 2 is 1.76 bits per heavy atom. The van der Waals surface area contributed by atoms with E-state index < -0.39 is 17.3 Å². The van der Waals surface area contributed by atoms with Crippen molar-refractivity contribution in [1.82, 2.24) is 9.78 Å². The van der Waals surface area contributed by atoms with Gasteiger partial charge in [-0.3, -0.25) is 14.4 Å². The molecular formula is C18H20N2O5. The van der Waals surface area contributed by atoms with Gasteiger partial charge in [-0.25, -0.2) is 4.68 Å². The number of benzene rings is 1. The van der Waals surface area contributed by atoms with Gasteiger partial charge in [0.05, 0.1) is 18.9 Å². The molecule has 0 radical (unpaired) electrons. The van der Waals surface area contributed by atoms with Crippen LogP contribution in [0.4, 0.5) is 0 Å². The molecule has 2 aromatic rings. The van der Waals surface area contributed by atoms with Crippen LogP contribution in [-0.4, -0.2) is 34.7 Å². The van der Waals surface area contributed by atoms with Crippen LogP contribution in [0.5, 0.6) is 5.75 Å². The molecule has 0 atom stereocenters. The van der Waals surface area contributed by atoms with Crippen LogP contribution in [0, 0.1) is 0 Å². The fraction of sp³-hybridized carbons (Fsp3) is 0.333. The van der Waals surface area contributed by atoms with E-state index in [0.717, 1.165) is 16.0 Å². The molecule has 1 aromatic carbocycles. The van der Waals surface area contributed by atoms with E-state index in [2.05, 4.69) is 5.10 Å². The fourth-order valence-electron chi connectivity index (χ4n) is 2.20. The molecular weight excluding hydrogens is 324 g/mol. The zero-order valence-electron chi connectivity index (χ0n) is 14.2. The lowest BCUT2D eigenvalue weighted by molar-refractivity contribution is -0.145. The molecule has 0 aliphatic heterocycles. The maximum atomic E-state index is 11.9. The summed E-state index contributed by atoms with van der Waals surface area (Å²) in [6, 6.07) is 10.2. The molecule has 0 saturated carbocycles. The van der Waals surface area contributed by atoms with Crippen LogP contribution in [0.15, 0.2) is 41.2 Å². The highest BCUT2D eigenvalue weighted by Gasteiger charge is 2.13. The number of ether oxygens (including phenoxy) is 2. The molecule has 7 nitrogen and oxygen atoms in total. The zero-order valence-corrected chi connectivity index (χ0v) is 14.2. The molecule has 25 heavy (non-hydrogen) atoms. The number of carbonyl (C=O) groups is 2. The second kappa shape index (κ2) is 8.77. The Balaban J connectivity index is 2.15. The van der Waals surface area contributed by atoms with Crippen LogP contribution >= 0.6 is 0 Å². The van der Waals surface area contributed by atoms with E-state index in [1.165, 1.54) is 6.07 Å². The SMILES string of the molecule is CCOC(=O)CC(=O)Cn1nc(-c2ccc(OCC)cc2)ccc1=O. The number of rotatable bonds is 8. The molecule has 0 N–H and O–H groups in total. The Labute approximate surface area is 145 Å². The molecule has 0 unspecified atom stereocenters. The lowest BCUT2D eigenvalue weighted by atomic mass is 10.1. The van der Waals surface area contributed by atoms with Gasteiger partial charge in [0.15, 0.2) is 5.78 Å². The van der Waals surface area contributed by atoms with Gasteiger partial charge in [0.2, 0.25) is 0 Å². The summed E-state index contributed by atoms with van der Waals surface area (Å²) in [6.45, 7) is 4.07. The van der Waals surface area contributed by atoms with Crippen molar-refractivity contribution in [3.05, 3.63) is 46.8 Å². The average Bonchev–Trinajstić information content (AvgIpc) is 2.58.